The van der Waals surface area contributed by atoms with Crippen LogP contribution in [0.25, 0.3) is 16.7 Å². The number of fused-ring (bicyclic) bond motifs is 1. The minimum Gasteiger partial charge on any atom is -0.364 e. The summed E-state index contributed by atoms with van der Waals surface area (Å²) >= 11 is 0. The van der Waals surface area contributed by atoms with E-state index in [0.717, 1.165) is 66.4 Å². The second kappa shape index (κ2) is 8.09. The van der Waals surface area contributed by atoms with E-state index in [4.69, 9.17) is 4.52 Å². The van der Waals surface area contributed by atoms with E-state index in [1.54, 1.807) is 6.26 Å². The summed E-state index contributed by atoms with van der Waals surface area (Å²) in [6.45, 7) is 4.58. The van der Waals surface area contributed by atoms with Gasteiger partial charge in [0.15, 0.2) is 0 Å². The second-order valence-corrected chi connectivity index (χ2v) is 8.54. The van der Waals surface area contributed by atoms with Crippen molar-refractivity contribution in [2.75, 3.05) is 18.4 Å². The van der Waals surface area contributed by atoms with Gasteiger partial charge in [0.25, 0.3) is 5.92 Å². The third-order valence-corrected chi connectivity index (χ3v) is 6.13. The van der Waals surface area contributed by atoms with E-state index in [0.29, 0.717) is 12.4 Å². The van der Waals surface area contributed by atoms with Gasteiger partial charge >= 0.3 is 0 Å². The summed E-state index contributed by atoms with van der Waals surface area (Å²) < 4.78 is 34.0. The summed E-state index contributed by atoms with van der Waals surface area (Å²) in [5, 5.41) is 10.6. The van der Waals surface area contributed by atoms with Crippen LogP contribution in [0.2, 0.25) is 0 Å². The van der Waals surface area contributed by atoms with Gasteiger partial charge in [-0.15, -0.1) is 0 Å². The Hall–Kier alpha value is -3.13. The highest BCUT2D eigenvalue weighted by molar-refractivity contribution is 5.86. The monoisotopic (exact) mass is 437 g/mol. The Balaban J connectivity index is 1.51. The molecule has 1 aromatic carbocycles. The largest absolute Gasteiger partial charge is 0.364 e. The van der Waals surface area contributed by atoms with Gasteiger partial charge in [-0.2, -0.15) is 0 Å². The highest BCUT2D eigenvalue weighted by atomic mass is 19.3. The molecule has 3 heterocycles. The first-order valence-corrected chi connectivity index (χ1v) is 10.9. The average Bonchev–Trinajstić information content (AvgIpc) is 3.39. The van der Waals surface area contributed by atoms with Crippen LogP contribution in [0.3, 0.4) is 0 Å². The van der Waals surface area contributed by atoms with Crippen LogP contribution >= 0.6 is 0 Å². The Labute approximate surface area is 185 Å². The molecule has 2 aromatic heterocycles. The summed E-state index contributed by atoms with van der Waals surface area (Å²) in [4.78, 5) is 8.79. The van der Waals surface area contributed by atoms with Gasteiger partial charge in [-0.3, -0.25) is 0 Å². The zero-order chi connectivity index (χ0) is 22.3. The number of anilines is 1. The fraction of sp³-hybridized carbons (Fsp3) is 0.375. The van der Waals surface area contributed by atoms with Crippen LogP contribution in [0.1, 0.15) is 47.8 Å². The number of hydrogen-bond donors (Lipinski definition) is 2. The highest BCUT2D eigenvalue weighted by Crippen LogP contribution is 2.40. The lowest BCUT2D eigenvalue weighted by Crippen LogP contribution is -2.38. The van der Waals surface area contributed by atoms with Crippen molar-refractivity contribution in [3.05, 3.63) is 64.8 Å². The van der Waals surface area contributed by atoms with Gasteiger partial charge < -0.3 is 15.2 Å². The smallest absolute Gasteiger partial charge is 0.274 e. The number of benzene rings is 1. The van der Waals surface area contributed by atoms with Gasteiger partial charge in [0.05, 0.1) is 17.0 Å². The number of nitrogens with one attached hydrogen (secondary N) is 2. The molecule has 0 radical (unpaired) electrons. The van der Waals surface area contributed by atoms with Crippen molar-refractivity contribution in [2.24, 2.45) is 0 Å². The number of aryl methyl sites for hydroxylation is 1. The van der Waals surface area contributed by atoms with Crippen molar-refractivity contribution in [3.63, 3.8) is 0 Å². The second-order valence-electron chi connectivity index (χ2n) is 8.54. The van der Waals surface area contributed by atoms with Gasteiger partial charge in [-0.05, 0) is 49.4 Å². The Morgan fingerprint density at radius 1 is 1.25 bits per heavy atom. The maximum absolute atomic E-state index is 14.5. The molecule has 0 saturated carbocycles. The molecule has 1 fully saturated rings. The van der Waals surface area contributed by atoms with E-state index in [9.17, 15) is 8.78 Å². The standard InChI is InChI=1S/C24H25F2N5O/c1-14-20(13-32-31-14)16-5-7-18-15(10-16)6-8-19(18)22-21(24(2,25)26)12-28-23(30-22)29-17-4-3-9-27-11-17/h5,7-8,10,12-13,17,27H,3-4,6,9,11H2,1-2H3,(H,28,29,30)/t17-/m0/s1. The Morgan fingerprint density at radius 3 is 2.84 bits per heavy atom. The van der Waals surface area contributed by atoms with E-state index in [1.807, 2.05) is 25.1 Å². The Bertz CT molecular complexity index is 1180. The van der Waals surface area contributed by atoms with Crippen LogP contribution < -0.4 is 10.6 Å². The Morgan fingerprint density at radius 2 is 2.12 bits per heavy atom. The van der Waals surface area contributed by atoms with Gasteiger partial charge in [-0.25, -0.2) is 18.7 Å². The number of piperidine rings is 1. The van der Waals surface area contributed by atoms with Crippen molar-refractivity contribution in [1.82, 2.24) is 20.4 Å². The van der Waals surface area contributed by atoms with Crippen LogP contribution in [0.15, 0.2) is 41.3 Å². The molecule has 6 nitrogen and oxygen atoms in total. The Kier molecular flexibility index (Phi) is 5.25. The van der Waals surface area contributed by atoms with Crippen molar-refractivity contribution in [1.29, 1.82) is 0 Å². The SMILES string of the molecule is Cc1nocc1-c1ccc2c(c1)CC=C2c1nc(N[C@H]2CCCNC2)ncc1C(C)(F)F. The number of allylic oxidation sites excluding steroid dienone is 1. The van der Waals surface area contributed by atoms with Crippen LogP contribution in [0.4, 0.5) is 14.7 Å². The molecule has 1 atom stereocenters. The maximum atomic E-state index is 14.5. The molecular formula is C24H25F2N5O. The summed E-state index contributed by atoms with van der Waals surface area (Å²) in [5.74, 6) is -2.67. The summed E-state index contributed by atoms with van der Waals surface area (Å²) in [6, 6.07) is 6.18. The zero-order valence-corrected chi connectivity index (χ0v) is 18.1. The molecule has 5 rings (SSSR count). The zero-order valence-electron chi connectivity index (χ0n) is 18.1. The number of hydrogen-bond acceptors (Lipinski definition) is 6. The normalized spacial score (nSPS) is 18.4. The molecule has 1 saturated heterocycles. The van der Waals surface area contributed by atoms with Gasteiger partial charge in [-0.1, -0.05) is 29.4 Å². The molecule has 2 aliphatic rings. The van der Waals surface area contributed by atoms with E-state index in [1.165, 1.54) is 6.20 Å². The molecule has 0 amide bonds. The molecule has 1 aliphatic carbocycles. The molecule has 3 aromatic rings. The van der Waals surface area contributed by atoms with E-state index >= 15 is 0 Å². The molecule has 0 unspecified atom stereocenters. The first-order chi connectivity index (χ1) is 15.4. The third-order valence-electron chi connectivity index (χ3n) is 6.13. The van der Waals surface area contributed by atoms with Crippen LogP contribution in [-0.2, 0) is 12.3 Å². The summed E-state index contributed by atoms with van der Waals surface area (Å²) in [7, 11) is 0. The minimum atomic E-state index is -3.05. The van der Waals surface area contributed by atoms with Crippen molar-refractivity contribution < 1.29 is 13.3 Å². The number of halogens is 2. The van der Waals surface area contributed by atoms with Crippen LogP contribution in [0, 0.1) is 6.92 Å². The lowest BCUT2D eigenvalue weighted by atomic mass is 9.95. The maximum Gasteiger partial charge on any atom is 0.274 e. The number of alkyl halides is 2. The van der Waals surface area contributed by atoms with Gasteiger partial charge in [0.1, 0.15) is 6.26 Å². The molecule has 166 valence electrons. The highest BCUT2D eigenvalue weighted by Gasteiger charge is 2.32. The predicted molar refractivity (Wildman–Crippen MR) is 119 cm³/mol. The summed E-state index contributed by atoms with van der Waals surface area (Å²) in [6.07, 6.45) is 7.55. The van der Waals surface area contributed by atoms with Crippen molar-refractivity contribution in [3.8, 4) is 11.1 Å². The third kappa shape index (κ3) is 3.90. The first-order valence-electron chi connectivity index (χ1n) is 10.9. The topological polar surface area (TPSA) is 75.9 Å². The van der Waals surface area contributed by atoms with Crippen molar-refractivity contribution >= 4 is 11.5 Å². The van der Waals surface area contributed by atoms with Crippen LogP contribution in [-0.4, -0.2) is 34.3 Å². The van der Waals surface area contributed by atoms with E-state index < -0.39 is 5.92 Å². The molecule has 1 aliphatic heterocycles. The van der Waals surface area contributed by atoms with E-state index in [-0.39, 0.29) is 17.3 Å². The first kappa shape index (κ1) is 20.8. The molecule has 32 heavy (non-hydrogen) atoms. The molecule has 8 heteroatoms. The molecule has 2 N–H and O–H groups in total. The van der Waals surface area contributed by atoms with Gasteiger partial charge in [0.2, 0.25) is 5.95 Å². The predicted octanol–water partition coefficient (Wildman–Crippen LogP) is 4.70. The quantitative estimate of drug-likeness (QED) is 0.603. The molecule has 0 bridgehead atoms. The van der Waals surface area contributed by atoms with Crippen molar-refractivity contribution in [2.45, 2.75) is 45.1 Å². The number of rotatable bonds is 5. The van der Waals surface area contributed by atoms with Crippen LogP contribution in [0.5, 0.6) is 0 Å². The summed E-state index contributed by atoms with van der Waals surface area (Å²) in [5.41, 5.74) is 5.55. The minimum absolute atomic E-state index is 0.164. The number of nitrogens with zero attached hydrogens (tertiary/aromatic N) is 3. The van der Waals surface area contributed by atoms with Gasteiger partial charge in [0, 0.05) is 36.8 Å². The molecule has 0 spiro atoms. The average molecular weight is 437 g/mol. The lowest BCUT2D eigenvalue weighted by Gasteiger charge is -2.24. The molecular weight excluding hydrogens is 412 g/mol. The fourth-order valence-corrected chi connectivity index (χ4v) is 4.44. The fourth-order valence-electron chi connectivity index (χ4n) is 4.44. The van der Waals surface area contributed by atoms with E-state index in [2.05, 4.69) is 31.8 Å². The lowest BCUT2D eigenvalue weighted by molar-refractivity contribution is 0.0165. The number of aromatic nitrogens is 3.